The number of anilines is 1. The topological polar surface area (TPSA) is 75.4 Å². The maximum Gasteiger partial charge on any atom is 0.245 e. The largest absolute Gasteiger partial charge is 0.323 e. The third-order valence-electron chi connectivity index (χ3n) is 4.82. The van der Waals surface area contributed by atoms with Gasteiger partial charge in [-0.1, -0.05) is 25.0 Å². The molecule has 0 amide bonds. The molecule has 2 atom stereocenters. The van der Waals surface area contributed by atoms with E-state index in [1.54, 1.807) is 28.6 Å². The molecule has 1 saturated carbocycles. The van der Waals surface area contributed by atoms with Crippen molar-refractivity contribution in [2.75, 3.05) is 12.0 Å². The lowest BCUT2D eigenvalue weighted by Gasteiger charge is -2.43. The number of piperidine rings is 1. The fourth-order valence-electron chi connectivity index (χ4n) is 3.81. The number of nitrogens with two attached hydrogens (primary N) is 1. The van der Waals surface area contributed by atoms with Crippen molar-refractivity contribution in [2.24, 2.45) is 11.8 Å². The summed E-state index contributed by atoms with van der Waals surface area (Å²) >= 11 is 0. The second-order valence-electron chi connectivity index (χ2n) is 6.01. The molecular formula is C15H23N3O2S. The second-order valence-corrected chi connectivity index (χ2v) is 7.87. The number of hydrazine groups is 1. The van der Waals surface area contributed by atoms with Gasteiger partial charge in [0.2, 0.25) is 10.0 Å². The van der Waals surface area contributed by atoms with Crippen LogP contribution >= 0.6 is 0 Å². The van der Waals surface area contributed by atoms with Crippen LogP contribution in [0.3, 0.4) is 0 Å². The van der Waals surface area contributed by atoms with Gasteiger partial charge < -0.3 is 5.43 Å². The van der Waals surface area contributed by atoms with E-state index in [4.69, 9.17) is 5.84 Å². The highest BCUT2D eigenvalue weighted by molar-refractivity contribution is 7.89. The van der Waals surface area contributed by atoms with Gasteiger partial charge in [-0.3, -0.25) is 5.84 Å². The average Bonchev–Trinajstić information content (AvgIpc) is 2.54. The van der Waals surface area contributed by atoms with Crippen LogP contribution in [0, 0.1) is 5.92 Å². The first kappa shape index (κ1) is 14.8. The Hall–Kier alpha value is -1.11. The van der Waals surface area contributed by atoms with Crippen molar-refractivity contribution in [3.63, 3.8) is 0 Å². The number of benzene rings is 1. The van der Waals surface area contributed by atoms with Crippen molar-refractivity contribution in [3.8, 4) is 0 Å². The third kappa shape index (κ3) is 2.67. The van der Waals surface area contributed by atoms with Crippen molar-refractivity contribution >= 4 is 15.7 Å². The van der Waals surface area contributed by atoms with Crippen LogP contribution in [-0.4, -0.2) is 25.3 Å². The monoisotopic (exact) mass is 309 g/mol. The maximum absolute atomic E-state index is 13.1. The van der Waals surface area contributed by atoms with Crippen LogP contribution in [0.5, 0.6) is 0 Å². The first-order valence-corrected chi connectivity index (χ1v) is 9.16. The van der Waals surface area contributed by atoms with Gasteiger partial charge in [-0.15, -0.1) is 0 Å². The van der Waals surface area contributed by atoms with Gasteiger partial charge in [0.15, 0.2) is 0 Å². The lowest BCUT2D eigenvalue weighted by atomic mass is 9.79. The van der Waals surface area contributed by atoms with Gasteiger partial charge in [-0.05, 0) is 43.7 Å². The van der Waals surface area contributed by atoms with Gasteiger partial charge in [-0.2, -0.15) is 4.31 Å². The number of nitrogen functional groups attached to an aromatic ring is 1. The summed E-state index contributed by atoms with van der Waals surface area (Å²) in [6, 6.07) is 7.04. The molecule has 0 aromatic heterocycles. The Bertz CT molecular complexity index is 601. The molecule has 6 heteroatoms. The van der Waals surface area contributed by atoms with Crippen LogP contribution in [0.1, 0.15) is 38.5 Å². The normalized spacial score (nSPS) is 27.1. The minimum atomic E-state index is -3.48. The number of rotatable bonds is 3. The predicted molar refractivity (Wildman–Crippen MR) is 83.1 cm³/mol. The summed E-state index contributed by atoms with van der Waals surface area (Å²) in [6.07, 6.45) is 6.63. The molecule has 1 aliphatic heterocycles. The summed E-state index contributed by atoms with van der Waals surface area (Å²) in [5.74, 6) is 6.00. The van der Waals surface area contributed by atoms with Gasteiger partial charge in [0, 0.05) is 12.6 Å². The van der Waals surface area contributed by atoms with Gasteiger partial charge in [0.1, 0.15) is 4.90 Å². The minimum Gasteiger partial charge on any atom is -0.323 e. The summed E-state index contributed by atoms with van der Waals surface area (Å²) in [4.78, 5) is 0.290. The van der Waals surface area contributed by atoms with E-state index in [-0.39, 0.29) is 6.04 Å². The SMILES string of the molecule is NNc1ccccc1S(=O)(=O)N1CCCC2CCCCC21. The van der Waals surface area contributed by atoms with Crippen molar-refractivity contribution < 1.29 is 8.42 Å². The summed E-state index contributed by atoms with van der Waals surface area (Å²) in [6.45, 7) is 0.627. The van der Waals surface area contributed by atoms with E-state index in [1.807, 2.05) is 0 Å². The molecule has 1 saturated heterocycles. The number of hydrogen-bond donors (Lipinski definition) is 2. The van der Waals surface area contributed by atoms with Crippen LogP contribution in [0.15, 0.2) is 29.2 Å². The zero-order chi connectivity index (χ0) is 14.9. The molecule has 1 heterocycles. The van der Waals surface area contributed by atoms with Crippen molar-refractivity contribution in [1.29, 1.82) is 0 Å². The Morgan fingerprint density at radius 1 is 1.10 bits per heavy atom. The van der Waals surface area contributed by atoms with E-state index >= 15 is 0 Å². The van der Waals surface area contributed by atoms with Crippen molar-refractivity contribution in [1.82, 2.24) is 4.31 Å². The zero-order valence-corrected chi connectivity index (χ0v) is 13.0. The van der Waals surface area contributed by atoms with Crippen molar-refractivity contribution in [3.05, 3.63) is 24.3 Å². The Morgan fingerprint density at radius 2 is 1.81 bits per heavy atom. The van der Waals surface area contributed by atoms with Crippen LogP contribution < -0.4 is 11.3 Å². The number of fused-ring (bicyclic) bond motifs is 1. The van der Waals surface area contributed by atoms with Gasteiger partial charge >= 0.3 is 0 Å². The van der Waals surface area contributed by atoms with Crippen molar-refractivity contribution in [2.45, 2.75) is 49.5 Å². The van der Waals surface area contributed by atoms with Gasteiger partial charge in [0.05, 0.1) is 5.69 Å². The Morgan fingerprint density at radius 3 is 2.62 bits per heavy atom. The molecule has 5 nitrogen and oxygen atoms in total. The first-order chi connectivity index (χ1) is 10.1. The summed E-state index contributed by atoms with van der Waals surface area (Å²) in [5, 5.41) is 0. The molecule has 2 fully saturated rings. The number of para-hydroxylation sites is 1. The molecule has 3 rings (SSSR count). The van der Waals surface area contributed by atoms with E-state index in [2.05, 4.69) is 5.43 Å². The molecule has 116 valence electrons. The summed E-state index contributed by atoms with van der Waals surface area (Å²) in [7, 11) is -3.48. The molecule has 0 radical (unpaired) electrons. The van der Waals surface area contributed by atoms with Crippen LogP contribution in [0.25, 0.3) is 0 Å². The molecular weight excluding hydrogens is 286 g/mol. The second kappa shape index (κ2) is 5.94. The third-order valence-corrected chi connectivity index (χ3v) is 6.80. The average molecular weight is 309 g/mol. The number of hydrogen-bond acceptors (Lipinski definition) is 4. The van der Waals surface area contributed by atoms with E-state index in [9.17, 15) is 8.42 Å². The smallest absolute Gasteiger partial charge is 0.245 e. The molecule has 21 heavy (non-hydrogen) atoms. The number of sulfonamides is 1. The fourth-order valence-corrected chi connectivity index (χ4v) is 5.73. The number of nitrogens with zero attached hydrogens (tertiary/aromatic N) is 1. The molecule has 2 aliphatic rings. The highest BCUT2D eigenvalue weighted by Crippen LogP contribution is 2.38. The molecule has 1 aliphatic carbocycles. The lowest BCUT2D eigenvalue weighted by molar-refractivity contribution is 0.129. The maximum atomic E-state index is 13.1. The zero-order valence-electron chi connectivity index (χ0n) is 12.2. The van der Waals surface area contributed by atoms with Crippen LogP contribution in [-0.2, 0) is 10.0 Å². The number of nitrogens with one attached hydrogen (secondary N) is 1. The molecule has 0 bridgehead atoms. The predicted octanol–water partition coefficient (Wildman–Crippen LogP) is 2.32. The molecule has 3 N–H and O–H groups in total. The standard InChI is InChI=1S/C15H23N3O2S/c16-17-13-8-2-4-10-15(13)21(19,20)18-11-5-7-12-6-1-3-9-14(12)18/h2,4,8,10,12,14,17H,1,3,5-7,9,11,16H2. The Kier molecular flexibility index (Phi) is 4.19. The highest BCUT2D eigenvalue weighted by Gasteiger charge is 2.40. The van der Waals surface area contributed by atoms with Crippen LogP contribution in [0.2, 0.25) is 0 Å². The minimum absolute atomic E-state index is 0.170. The first-order valence-electron chi connectivity index (χ1n) is 7.72. The van der Waals surface area contributed by atoms with E-state index in [0.717, 1.165) is 32.1 Å². The molecule has 1 aromatic carbocycles. The van der Waals surface area contributed by atoms with Gasteiger partial charge in [-0.25, -0.2) is 8.42 Å². The molecule has 0 spiro atoms. The summed E-state index contributed by atoms with van der Waals surface area (Å²) in [5.41, 5.74) is 2.97. The Balaban J connectivity index is 1.96. The highest BCUT2D eigenvalue weighted by atomic mass is 32.2. The van der Waals surface area contributed by atoms with E-state index in [0.29, 0.717) is 23.0 Å². The fraction of sp³-hybridized carbons (Fsp3) is 0.600. The van der Waals surface area contributed by atoms with Gasteiger partial charge in [0.25, 0.3) is 0 Å². The molecule has 1 aromatic rings. The lowest BCUT2D eigenvalue weighted by Crippen LogP contribution is -2.49. The van der Waals surface area contributed by atoms with Crippen LogP contribution in [0.4, 0.5) is 5.69 Å². The summed E-state index contributed by atoms with van der Waals surface area (Å²) < 4.78 is 27.8. The van der Waals surface area contributed by atoms with E-state index in [1.165, 1.54) is 6.42 Å². The van der Waals surface area contributed by atoms with E-state index < -0.39 is 10.0 Å². The Labute approximate surface area is 126 Å². The quantitative estimate of drug-likeness (QED) is 0.663. The molecule has 2 unspecified atom stereocenters.